The molecule has 0 saturated heterocycles. The van der Waals surface area contributed by atoms with Crippen molar-refractivity contribution in [3.8, 4) is 0 Å². The van der Waals surface area contributed by atoms with Gasteiger partial charge in [0.1, 0.15) is 0 Å². The molecule has 0 aromatic rings. The molecule has 0 atom stereocenters. The van der Waals surface area contributed by atoms with E-state index in [2.05, 4.69) is 5.32 Å². The van der Waals surface area contributed by atoms with E-state index in [0.29, 0.717) is 6.42 Å². The van der Waals surface area contributed by atoms with Gasteiger partial charge in [-0.15, -0.1) is 0 Å². The third kappa shape index (κ3) is 4.32. The summed E-state index contributed by atoms with van der Waals surface area (Å²) in [6.45, 7) is 3.74. The van der Waals surface area contributed by atoms with Crippen LogP contribution in [-0.2, 0) is 4.79 Å². The maximum Gasteiger partial charge on any atom is 0.223 e. The number of nitrogens with zero attached hydrogens (tertiary/aromatic N) is 1. The first-order valence-electron chi connectivity index (χ1n) is 3.59. The molecule has 0 aliphatic carbocycles. The van der Waals surface area contributed by atoms with Crippen LogP contribution in [0.3, 0.4) is 0 Å². The molecule has 3 nitrogen and oxygen atoms in total. The van der Waals surface area contributed by atoms with Gasteiger partial charge in [-0.05, 0) is 6.54 Å². The monoisotopic (exact) mass is 144 g/mol. The SMILES string of the molecule is CCNCCC(=O)N(C)C. The molecule has 1 N–H and O–H groups in total. The lowest BCUT2D eigenvalue weighted by Gasteiger charge is -2.09. The Morgan fingerprint density at radius 2 is 2.10 bits per heavy atom. The van der Waals surface area contributed by atoms with Crippen LogP contribution in [0.25, 0.3) is 0 Å². The Kier molecular flexibility index (Phi) is 4.94. The number of carbonyl (C=O) groups excluding carboxylic acids is 1. The van der Waals surface area contributed by atoms with E-state index < -0.39 is 0 Å². The molecule has 0 rings (SSSR count). The first-order chi connectivity index (χ1) is 4.68. The van der Waals surface area contributed by atoms with Gasteiger partial charge in [0.15, 0.2) is 0 Å². The molecule has 1 amide bonds. The summed E-state index contributed by atoms with van der Waals surface area (Å²) in [6, 6.07) is 0. The Labute approximate surface area is 62.4 Å². The molecule has 60 valence electrons. The number of rotatable bonds is 4. The number of hydrogen-bond acceptors (Lipinski definition) is 2. The summed E-state index contributed by atoms with van der Waals surface area (Å²) in [5.41, 5.74) is 0. The van der Waals surface area contributed by atoms with Crippen LogP contribution in [0.2, 0.25) is 0 Å². The third-order valence-corrected chi connectivity index (χ3v) is 1.26. The number of hydrogen-bond donors (Lipinski definition) is 1. The zero-order chi connectivity index (χ0) is 7.98. The van der Waals surface area contributed by atoms with E-state index in [4.69, 9.17) is 0 Å². The Morgan fingerprint density at radius 1 is 1.50 bits per heavy atom. The van der Waals surface area contributed by atoms with Crippen molar-refractivity contribution in [1.29, 1.82) is 0 Å². The normalized spacial score (nSPS) is 9.50. The van der Waals surface area contributed by atoms with Gasteiger partial charge in [0.2, 0.25) is 5.91 Å². The predicted molar refractivity (Wildman–Crippen MR) is 41.9 cm³/mol. The fraction of sp³-hybridized carbons (Fsp3) is 0.857. The lowest BCUT2D eigenvalue weighted by atomic mass is 10.4. The van der Waals surface area contributed by atoms with Crippen LogP contribution < -0.4 is 5.32 Å². The first kappa shape index (κ1) is 9.43. The molecular formula is C7H16N2O. The highest BCUT2D eigenvalue weighted by molar-refractivity contribution is 5.75. The van der Waals surface area contributed by atoms with Crippen LogP contribution >= 0.6 is 0 Å². The summed E-state index contributed by atoms with van der Waals surface area (Å²) >= 11 is 0. The lowest BCUT2D eigenvalue weighted by Crippen LogP contribution is -2.26. The summed E-state index contributed by atoms with van der Waals surface area (Å²) in [7, 11) is 3.54. The summed E-state index contributed by atoms with van der Waals surface area (Å²) < 4.78 is 0. The van der Waals surface area contributed by atoms with Crippen molar-refractivity contribution < 1.29 is 4.79 Å². The van der Waals surface area contributed by atoms with Gasteiger partial charge < -0.3 is 10.2 Å². The average Bonchev–Trinajstić information content (AvgIpc) is 1.88. The second-order valence-electron chi connectivity index (χ2n) is 2.39. The molecule has 0 saturated carbocycles. The molecule has 0 aromatic carbocycles. The minimum atomic E-state index is 0.181. The Bertz CT molecular complexity index is 102. The average molecular weight is 144 g/mol. The zero-order valence-electron chi connectivity index (χ0n) is 6.98. The van der Waals surface area contributed by atoms with Gasteiger partial charge in [0.25, 0.3) is 0 Å². The molecule has 0 aromatic heterocycles. The van der Waals surface area contributed by atoms with Crippen molar-refractivity contribution in [2.45, 2.75) is 13.3 Å². The minimum Gasteiger partial charge on any atom is -0.349 e. The molecule has 0 fully saturated rings. The second kappa shape index (κ2) is 5.23. The first-order valence-corrected chi connectivity index (χ1v) is 3.59. The largest absolute Gasteiger partial charge is 0.349 e. The summed E-state index contributed by atoms with van der Waals surface area (Å²) in [4.78, 5) is 12.5. The van der Waals surface area contributed by atoms with Gasteiger partial charge in [0, 0.05) is 27.1 Å². The van der Waals surface area contributed by atoms with E-state index in [0.717, 1.165) is 13.1 Å². The van der Waals surface area contributed by atoms with Crippen LogP contribution in [-0.4, -0.2) is 38.0 Å². The molecule has 0 unspecified atom stereocenters. The van der Waals surface area contributed by atoms with E-state index in [9.17, 15) is 4.79 Å². The molecule has 0 heterocycles. The molecule has 0 aliphatic heterocycles. The highest BCUT2D eigenvalue weighted by atomic mass is 16.2. The summed E-state index contributed by atoms with van der Waals surface area (Å²) in [5, 5.41) is 3.09. The highest BCUT2D eigenvalue weighted by Gasteiger charge is 2.00. The van der Waals surface area contributed by atoms with Crippen molar-refractivity contribution in [3.63, 3.8) is 0 Å². The molecule has 10 heavy (non-hydrogen) atoms. The van der Waals surface area contributed by atoms with Crippen molar-refractivity contribution in [2.24, 2.45) is 0 Å². The van der Waals surface area contributed by atoms with Crippen LogP contribution in [0.4, 0.5) is 0 Å². The standard InChI is InChI=1S/C7H16N2O/c1-4-8-6-5-7(10)9(2)3/h8H,4-6H2,1-3H3. The van der Waals surface area contributed by atoms with Crippen LogP contribution in [0.1, 0.15) is 13.3 Å². The predicted octanol–water partition coefficient (Wildman–Crippen LogP) is 0.0742. The Morgan fingerprint density at radius 3 is 2.50 bits per heavy atom. The molecule has 0 radical (unpaired) electrons. The fourth-order valence-corrected chi connectivity index (χ4v) is 0.596. The maximum absolute atomic E-state index is 10.9. The van der Waals surface area contributed by atoms with Gasteiger partial charge in [-0.1, -0.05) is 6.92 Å². The van der Waals surface area contributed by atoms with Crippen LogP contribution in [0.15, 0.2) is 0 Å². The molecule has 0 spiro atoms. The topological polar surface area (TPSA) is 32.3 Å². The minimum absolute atomic E-state index is 0.181. The smallest absolute Gasteiger partial charge is 0.223 e. The Hall–Kier alpha value is -0.570. The quantitative estimate of drug-likeness (QED) is 0.566. The van der Waals surface area contributed by atoms with Crippen molar-refractivity contribution in [1.82, 2.24) is 10.2 Å². The Balaban J connectivity index is 3.22. The third-order valence-electron chi connectivity index (χ3n) is 1.26. The van der Waals surface area contributed by atoms with Crippen molar-refractivity contribution in [3.05, 3.63) is 0 Å². The van der Waals surface area contributed by atoms with E-state index in [1.54, 1.807) is 19.0 Å². The lowest BCUT2D eigenvalue weighted by molar-refractivity contribution is -0.128. The molecule has 3 heteroatoms. The zero-order valence-corrected chi connectivity index (χ0v) is 6.98. The van der Waals surface area contributed by atoms with E-state index in [1.165, 1.54) is 0 Å². The molecular weight excluding hydrogens is 128 g/mol. The van der Waals surface area contributed by atoms with Gasteiger partial charge in [-0.25, -0.2) is 0 Å². The van der Waals surface area contributed by atoms with Gasteiger partial charge >= 0.3 is 0 Å². The maximum atomic E-state index is 10.9. The van der Waals surface area contributed by atoms with Gasteiger partial charge in [-0.2, -0.15) is 0 Å². The number of carbonyl (C=O) groups is 1. The van der Waals surface area contributed by atoms with E-state index >= 15 is 0 Å². The van der Waals surface area contributed by atoms with Crippen LogP contribution in [0, 0.1) is 0 Å². The summed E-state index contributed by atoms with van der Waals surface area (Å²) in [5.74, 6) is 0.181. The van der Waals surface area contributed by atoms with Gasteiger partial charge in [0.05, 0.1) is 0 Å². The van der Waals surface area contributed by atoms with Gasteiger partial charge in [-0.3, -0.25) is 4.79 Å². The molecule has 0 bridgehead atoms. The second-order valence-corrected chi connectivity index (χ2v) is 2.39. The highest BCUT2D eigenvalue weighted by Crippen LogP contribution is 1.83. The van der Waals surface area contributed by atoms with Crippen molar-refractivity contribution in [2.75, 3.05) is 27.2 Å². The fourth-order valence-electron chi connectivity index (χ4n) is 0.596. The van der Waals surface area contributed by atoms with E-state index in [1.807, 2.05) is 6.92 Å². The van der Waals surface area contributed by atoms with Crippen molar-refractivity contribution >= 4 is 5.91 Å². The number of amides is 1. The van der Waals surface area contributed by atoms with Crippen LogP contribution in [0.5, 0.6) is 0 Å². The molecule has 0 aliphatic rings. The van der Waals surface area contributed by atoms with E-state index in [-0.39, 0.29) is 5.91 Å². The number of nitrogens with one attached hydrogen (secondary N) is 1. The summed E-state index contributed by atoms with van der Waals surface area (Å²) in [6.07, 6.45) is 0.598.